The Morgan fingerprint density at radius 3 is 2.93 bits per heavy atom. The van der Waals surface area contributed by atoms with Gasteiger partial charge in [-0.15, -0.1) is 11.3 Å². The van der Waals surface area contributed by atoms with Gasteiger partial charge in [0.15, 0.2) is 0 Å². The molecule has 3 aliphatic rings. The topological polar surface area (TPSA) is 71.4 Å². The number of hydrogen-bond donors (Lipinski definition) is 1. The highest BCUT2D eigenvalue weighted by atomic mass is 32.1. The molecule has 1 aromatic carbocycles. The molecule has 0 radical (unpaired) electrons. The number of nitrogens with one attached hydrogen (secondary N) is 1. The van der Waals surface area contributed by atoms with Gasteiger partial charge in [0.1, 0.15) is 10.7 Å². The van der Waals surface area contributed by atoms with Crippen LogP contribution in [0.5, 0.6) is 0 Å². The highest BCUT2D eigenvalue weighted by molar-refractivity contribution is 7.13. The zero-order chi connectivity index (χ0) is 19.1. The summed E-state index contributed by atoms with van der Waals surface area (Å²) in [6.07, 6.45) is 8.53. The van der Waals surface area contributed by atoms with Crippen LogP contribution < -0.4 is 5.32 Å². The third-order valence-corrected chi connectivity index (χ3v) is 6.13. The number of aromatic nitrogens is 1. The first-order chi connectivity index (χ1) is 13.7. The summed E-state index contributed by atoms with van der Waals surface area (Å²) in [7, 11) is 0. The normalized spacial score (nSPS) is 22.0. The first-order valence-electron chi connectivity index (χ1n) is 9.26. The van der Waals surface area contributed by atoms with Gasteiger partial charge in [0.25, 0.3) is 11.8 Å². The minimum absolute atomic E-state index is 0.0111. The first kappa shape index (κ1) is 17.0. The molecule has 138 valence electrons. The molecular weight excluding hydrogens is 370 g/mol. The number of fused-ring (bicyclic) bond motifs is 2. The maximum absolute atomic E-state index is 12.6. The number of carbonyl (C=O) groups excluding carboxylic acids is 2. The van der Waals surface area contributed by atoms with Gasteiger partial charge in [0.2, 0.25) is 0 Å². The molecular formula is C22H17N3O2S. The number of hydrogen-bond acceptors (Lipinski definition) is 4. The number of allylic oxidation sites excluding steroid dienone is 3. The van der Waals surface area contributed by atoms with Crippen molar-refractivity contribution in [3.05, 3.63) is 76.5 Å². The van der Waals surface area contributed by atoms with Gasteiger partial charge in [-0.25, -0.2) is 9.98 Å². The van der Waals surface area contributed by atoms with Crippen molar-refractivity contribution in [2.24, 2.45) is 10.9 Å². The van der Waals surface area contributed by atoms with Gasteiger partial charge in [-0.05, 0) is 37.0 Å². The quantitative estimate of drug-likeness (QED) is 0.844. The molecule has 1 atom stereocenters. The van der Waals surface area contributed by atoms with Gasteiger partial charge in [0.05, 0.1) is 5.71 Å². The molecule has 0 fully saturated rings. The maximum Gasteiger partial charge on any atom is 0.297 e. The average Bonchev–Trinajstić information content (AvgIpc) is 3.39. The van der Waals surface area contributed by atoms with Crippen LogP contribution in [0, 0.1) is 5.92 Å². The van der Waals surface area contributed by atoms with Crippen molar-refractivity contribution in [2.75, 3.05) is 0 Å². The van der Waals surface area contributed by atoms with Crippen LogP contribution >= 0.6 is 11.3 Å². The smallest absolute Gasteiger partial charge is 0.297 e. The molecule has 2 aliphatic carbocycles. The van der Waals surface area contributed by atoms with E-state index < -0.39 is 0 Å². The van der Waals surface area contributed by atoms with Crippen molar-refractivity contribution >= 4 is 28.9 Å². The lowest BCUT2D eigenvalue weighted by Crippen LogP contribution is -2.35. The van der Waals surface area contributed by atoms with Crippen LogP contribution in [0.1, 0.15) is 29.8 Å². The summed E-state index contributed by atoms with van der Waals surface area (Å²) < 4.78 is 0. The van der Waals surface area contributed by atoms with Crippen LogP contribution in [-0.2, 0) is 4.79 Å². The zero-order valence-corrected chi connectivity index (χ0v) is 15.8. The monoisotopic (exact) mass is 387 g/mol. The minimum Gasteiger partial charge on any atom is -0.325 e. The molecule has 5 rings (SSSR count). The summed E-state index contributed by atoms with van der Waals surface area (Å²) in [6.45, 7) is 0. The van der Waals surface area contributed by atoms with E-state index in [1.807, 2.05) is 42.5 Å². The van der Waals surface area contributed by atoms with Crippen LogP contribution in [0.15, 0.2) is 75.8 Å². The summed E-state index contributed by atoms with van der Waals surface area (Å²) in [5.41, 5.74) is 4.80. The van der Waals surface area contributed by atoms with Crippen molar-refractivity contribution in [3.8, 4) is 10.6 Å². The second-order valence-electron chi connectivity index (χ2n) is 6.99. The fourth-order valence-corrected chi connectivity index (χ4v) is 4.72. The highest BCUT2D eigenvalue weighted by Crippen LogP contribution is 2.39. The van der Waals surface area contributed by atoms with E-state index in [0.717, 1.165) is 41.1 Å². The van der Waals surface area contributed by atoms with Gasteiger partial charge in [-0.1, -0.05) is 36.4 Å². The van der Waals surface area contributed by atoms with Crippen molar-refractivity contribution in [1.82, 2.24) is 10.3 Å². The number of aliphatic imine (C=N–C) groups is 1. The predicted molar refractivity (Wildman–Crippen MR) is 109 cm³/mol. The molecule has 2 heterocycles. The molecule has 0 spiro atoms. The Balaban J connectivity index is 1.39. The largest absolute Gasteiger partial charge is 0.325 e. The van der Waals surface area contributed by atoms with E-state index in [-0.39, 0.29) is 17.7 Å². The predicted octanol–water partition coefficient (Wildman–Crippen LogP) is 4.07. The lowest BCUT2D eigenvalue weighted by molar-refractivity contribution is -0.117. The molecule has 1 aliphatic heterocycles. The fourth-order valence-electron chi connectivity index (χ4n) is 3.92. The average molecular weight is 387 g/mol. The summed E-state index contributed by atoms with van der Waals surface area (Å²) in [6, 6.07) is 9.76. The molecule has 2 aromatic rings. The van der Waals surface area contributed by atoms with E-state index in [0.29, 0.717) is 11.4 Å². The highest BCUT2D eigenvalue weighted by Gasteiger charge is 2.34. The van der Waals surface area contributed by atoms with Crippen molar-refractivity contribution in [1.29, 1.82) is 0 Å². The SMILES string of the molecule is O=C1NC2=CC(=NC(=O)c3csc(-c4ccccc4)n3)C=CC2C2=C1CCC2. The minimum atomic E-state index is -0.378. The molecule has 0 saturated carbocycles. The molecule has 6 heteroatoms. The van der Waals surface area contributed by atoms with E-state index >= 15 is 0 Å². The Bertz CT molecular complexity index is 1110. The molecule has 28 heavy (non-hydrogen) atoms. The molecule has 1 aromatic heterocycles. The molecule has 0 bridgehead atoms. The van der Waals surface area contributed by atoms with Crippen LogP contribution in [0.4, 0.5) is 0 Å². The van der Waals surface area contributed by atoms with E-state index in [4.69, 9.17) is 0 Å². The summed E-state index contributed by atoms with van der Waals surface area (Å²) >= 11 is 1.42. The maximum atomic E-state index is 12.6. The second-order valence-corrected chi connectivity index (χ2v) is 7.85. The lowest BCUT2D eigenvalue weighted by Gasteiger charge is -2.28. The van der Waals surface area contributed by atoms with E-state index in [1.165, 1.54) is 16.9 Å². The Morgan fingerprint density at radius 1 is 1.21 bits per heavy atom. The Labute approximate surface area is 166 Å². The van der Waals surface area contributed by atoms with Gasteiger partial charge in [-0.2, -0.15) is 0 Å². The molecule has 1 unspecified atom stereocenters. The van der Waals surface area contributed by atoms with Crippen LogP contribution in [-0.4, -0.2) is 22.5 Å². The third-order valence-electron chi connectivity index (χ3n) is 5.24. The van der Waals surface area contributed by atoms with Crippen molar-refractivity contribution in [2.45, 2.75) is 19.3 Å². The Hall–Kier alpha value is -3.12. The van der Waals surface area contributed by atoms with E-state index in [2.05, 4.69) is 15.3 Å². The van der Waals surface area contributed by atoms with Crippen molar-refractivity contribution < 1.29 is 9.59 Å². The van der Waals surface area contributed by atoms with Crippen LogP contribution in [0.25, 0.3) is 10.6 Å². The Kier molecular flexibility index (Phi) is 4.13. The molecule has 1 N–H and O–H groups in total. The van der Waals surface area contributed by atoms with Crippen LogP contribution in [0.3, 0.4) is 0 Å². The van der Waals surface area contributed by atoms with E-state index in [9.17, 15) is 9.59 Å². The standard InChI is InChI=1S/C22H17N3O2S/c26-20-17-8-4-7-15(17)16-10-9-14(11-18(16)24-20)23-21(27)19-12-28-22(25-19)13-5-2-1-3-6-13/h1-3,5-6,9-12,16H,4,7-8H2,(H,24,26). The van der Waals surface area contributed by atoms with Gasteiger partial charge in [0, 0.05) is 28.1 Å². The fraction of sp³-hybridized carbons (Fsp3) is 0.182. The second kappa shape index (κ2) is 6.80. The summed E-state index contributed by atoms with van der Waals surface area (Å²) in [5.74, 6) is -0.285. The van der Waals surface area contributed by atoms with Crippen LogP contribution in [0.2, 0.25) is 0 Å². The lowest BCUT2D eigenvalue weighted by atomic mass is 9.85. The van der Waals surface area contributed by atoms with Crippen molar-refractivity contribution in [3.63, 3.8) is 0 Å². The zero-order valence-electron chi connectivity index (χ0n) is 15.0. The Morgan fingerprint density at radius 2 is 2.07 bits per heavy atom. The molecule has 5 nitrogen and oxygen atoms in total. The number of rotatable bonds is 2. The van der Waals surface area contributed by atoms with Gasteiger partial charge in [-0.3, -0.25) is 9.59 Å². The first-order valence-corrected chi connectivity index (χ1v) is 10.1. The van der Waals surface area contributed by atoms with Gasteiger partial charge >= 0.3 is 0 Å². The number of thiazole rings is 1. The number of benzene rings is 1. The molecule has 2 amide bonds. The summed E-state index contributed by atoms with van der Waals surface area (Å²) in [4.78, 5) is 33.5. The number of nitrogens with zero attached hydrogens (tertiary/aromatic N) is 2. The van der Waals surface area contributed by atoms with E-state index in [1.54, 1.807) is 11.5 Å². The van der Waals surface area contributed by atoms with Gasteiger partial charge < -0.3 is 5.32 Å². The summed E-state index contributed by atoms with van der Waals surface area (Å²) in [5, 5.41) is 5.49. The number of amides is 2. The third kappa shape index (κ3) is 2.96. The number of carbonyl (C=O) groups is 2. The molecule has 0 saturated heterocycles.